The van der Waals surface area contributed by atoms with E-state index in [9.17, 15) is 9.50 Å². The summed E-state index contributed by atoms with van der Waals surface area (Å²) < 4.78 is 13.1. The van der Waals surface area contributed by atoms with Crippen molar-refractivity contribution in [3.63, 3.8) is 0 Å². The lowest BCUT2D eigenvalue weighted by molar-refractivity contribution is 0.0873. The van der Waals surface area contributed by atoms with Crippen molar-refractivity contribution in [2.45, 2.75) is 24.5 Å². The van der Waals surface area contributed by atoms with Gasteiger partial charge in [-0.1, -0.05) is 6.07 Å². The Labute approximate surface area is 93.7 Å². The molecule has 3 N–H and O–H groups in total. The van der Waals surface area contributed by atoms with E-state index >= 15 is 0 Å². The maximum absolute atomic E-state index is 13.1. The molecule has 2 heterocycles. The topological polar surface area (TPSA) is 44.3 Å². The van der Waals surface area contributed by atoms with Gasteiger partial charge < -0.3 is 15.7 Å². The zero-order valence-electron chi connectivity index (χ0n) is 8.96. The van der Waals surface area contributed by atoms with Crippen molar-refractivity contribution in [3.05, 3.63) is 29.6 Å². The molecule has 1 atom stereocenters. The van der Waals surface area contributed by atoms with E-state index in [0.717, 1.165) is 37.2 Å². The summed E-state index contributed by atoms with van der Waals surface area (Å²) in [5, 5.41) is 16.9. The molecular weight excluding hydrogens is 207 g/mol. The van der Waals surface area contributed by atoms with E-state index in [1.807, 2.05) is 0 Å². The van der Waals surface area contributed by atoms with Gasteiger partial charge >= 0.3 is 0 Å². The molecule has 0 amide bonds. The van der Waals surface area contributed by atoms with Crippen LogP contribution in [0, 0.1) is 5.82 Å². The number of benzene rings is 1. The average molecular weight is 222 g/mol. The van der Waals surface area contributed by atoms with Crippen LogP contribution in [0.4, 0.5) is 10.1 Å². The van der Waals surface area contributed by atoms with Gasteiger partial charge in [0, 0.05) is 11.3 Å². The molecule has 16 heavy (non-hydrogen) atoms. The normalized spacial score (nSPS) is 26.5. The summed E-state index contributed by atoms with van der Waals surface area (Å²) in [5.41, 5.74) is 1.28. The summed E-state index contributed by atoms with van der Waals surface area (Å²) in [6.07, 6.45) is 1.21. The van der Waals surface area contributed by atoms with Crippen molar-refractivity contribution >= 4 is 5.69 Å². The number of aliphatic hydroxyl groups excluding tert-OH is 1. The monoisotopic (exact) mass is 222 g/mol. The number of anilines is 1. The molecule has 0 aliphatic carbocycles. The van der Waals surface area contributed by atoms with Crippen molar-refractivity contribution in [1.82, 2.24) is 5.32 Å². The van der Waals surface area contributed by atoms with E-state index in [0.29, 0.717) is 0 Å². The summed E-state index contributed by atoms with van der Waals surface area (Å²) >= 11 is 0. The molecule has 1 spiro atoms. The Balaban J connectivity index is 1.98. The number of hydrogen-bond acceptors (Lipinski definition) is 3. The first-order valence-electron chi connectivity index (χ1n) is 5.68. The van der Waals surface area contributed by atoms with Crippen LogP contribution in [0.5, 0.6) is 0 Å². The molecule has 2 aliphatic rings. The molecule has 0 aromatic heterocycles. The lowest BCUT2D eigenvalue weighted by Gasteiger charge is -2.37. The van der Waals surface area contributed by atoms with Gasteiger partial charge in [-0.3, -0.25) is 0 Å². The molecule has 3 rings (SSSR count). The standard InChI is InChI=1S/C12H15FN2O/c13-8-1-2-9-10(7-8)15-12(11(9)16)3-5-14-6-4-12/h1-2,7,11,14-16H,3-6H2. The lowest BCUT2D eigenvalue weighted by Crippen LogP contribution is -2.48. The molecule has 4 heteroatoms. The van der Waals surface area contributed by atoms with Crippen LogP contribution in [-0.2, 0) is 0 Å². The third-order valence-corrected chi connectivity index (χ3v) is 3.71. The van der Waals surface area contributed by atoms with Crippen molar-refractivity contribution in [3.8, 4) is 0 Å². The molecule has 2 aliphatic heterocycles. The average Bonchev–Trinajstić information content (AvgIpc) is 2.53. The second kappa shape index (κ2) is 3.43. The number of rotatable bonds is 0. The van der Waals surface area contributed by atoms with Gasteiger partial charge in [0.25, 0.3) is 0 Å². The minimum Gasteiger partial charge on any atom is -0.386 e. The Morgan fingerprint density at radius 3 is 2.81 bits per heavy atom. The number of aliphatic hydroxyl groups is 1. The maximum atomic E-state index is 13.1. The second-order valence-corrected chi connectivity index (χ2v) is 4.67. The Hall–Kier alpha value is -1.13. The first-order valence-corrected chi connectivity index (χ1v) is 5.68. The van der Waals surface area contributed by atoms with Gasteiger partial charge in [-0.05, 0) is 38.1 Å². The Morgan fingerprint density at radius 2 is 2.06 bits per heavy atom. The first kappa shape index (κ1) is 10.1. The Morgan fingerprint density at radius 1 is 1.31 bits per heavy atom. The highest BCUT2D eigenvalue weighted by Crippen LogP contribution is 2.45. The summed E-state index contributed by atoms with van der Waals surface area (Å²) in [7, 11) is 0. The fourth-order valence-electron chi connectivity index (χ4n) is 2.78. The van der Waals surface area contributed by atoms with E-state index < -0.39 is 6.10 Å². The minimum atomic E-state index is -0.523. The second-order valence-electron chi connectivity index (χ2n) is 4.67. The quantitative estimate of drug-likeness (QED) is 0.622. The third kappa shape index (κ3) is 1.33. The van der Waals surface area contributed by atoms with E-state index in [1.165, 1.54) is 12.1 Å². The van der Waals surface area contributed by atoms with Crippen LogP contribution < -0.4 is 10.6 Å². The molecule has 0 bridgehead atoms. The molecule has 0 saturated carbocycles. The SMILES string of the molecule is OC1c2ccc(F)cc2NC12CCNCC2. The van der Waals surface area contributed by atoms with Gasteiger partial charge in [0.05, 0.1) is 5.54 Å². The summed E-state index contributed by atoms with van der Waals surface area (Å²) in [4.78, 5) is 0. The van der Waals surface area contributed by atoms with Crippen molar-refractivity contribution in [1.29, 1.82) is 0 Å². The summed E-state index contributed by atoms with van der Waals surface area (Å²) in [6.45, 7) is 1.78. The Kier molecular flexibility index (Phi) is 2.16. The number of hydrogen-bond donors (Lipinski definition) is 3. The molecule has 1 unspecified atom stereocenters. The first-order chi connectivity index (χ1) is 7.71. The lowest BCUT2D eigenvalue weighted by atomic mass is 9.83. The van der Waals surface area contributed by atoms with Gasteiger partial charge in [-0.2, -0.15) is 0 Å². The fraction of sp³-hybridized carbons (Fsp3) is 0.500. The van der Waals surface area contributed by atoms with E-state index in [1.54, 1.807) is 6.07 Å². The van der Waals surface area contributed by atoms with Gasteiger partial charge in [0.2, 0.25) is 0 Å². The number of halogens is 1. The van der Waals surface area contributed by atoms with Crippen molar-refractivity contribution < 1.29 is 9.50 Å². The molecular formula is C12H15FN2O. The molecule has 86 valence electrons. The largest absolute Gasteiger partial charge is 0.386 e. The highest BCUT2D eigenvalue weighted by Gasteiger charge is 2.45. The van der Waals surface area contributed by atoms with Gasteiger partial charge in [-0.15, -0.1) is 0 Å². The maximum Gasteiger partial charge on any atom is 0.125 e. The summed E-state index contributed by atoms with van der Waals surface area (Å²) in [5.74, 6) is -0.260. The minimum absolute atomic E-state index is 0.260. The van der Waals surface area contributed by atoms with Gasteiger partial charge in [0.1, 0.15) is 11.9 Å². The predicted octanol–water partition coefficient (Wildman–Crippen LogP) is 1.41. The van der Waals surface area contributed by atoms with Gasteiger partial charge in [-0.25, -0.2) is 4.39 Å². The van der Waals surface area contributed by atoms with Crippen molar-refractivity contribution in [2.75, 3.05) is 18.4 Å². The third-order valence-electron chi connectivity index (χ3n) is 3.71. The van der Waals surface area contributed by atoms with E-state index in [-0.39, 0.29) is 11.4 Å². The fourth-order valence-corrected chi connectivity index (χ4v) is 2.78. The molecule has 1 fully saturated rings. The van der Waals surface area contributed by atoms with Crippen LogP contribution >= 0.6 is 0 Å². The van der Waals surface area contributed by atoms with Crippen molar-refractivity contribution in [2.24, 2.45) is 0 Å². The van der Waals surface area contributed by atoms with Crippen LogP contribution in [0.1, 0.15) is 24.5 Å². The van der Waals surface area contributed by atoms with Gasteiger partial charge in [0.15, 0.2) is 0 Å². The predicted molar refractivity (Wildman–Crippen MR) is 59.8 cm³/mol. The van der Waals surface area contributed by atoms with E-state index in [2.05, 4.69) is 10.6 Å². The molecule has 1 aromatic rings. The molecule has 1 saturated heterocycles. The van der Waals surface area contributed by atoms with Crippen LogP contribution in [0.2, 0.25) is 0 Å². The number of fused-ring (bicyclic) bond motifs is 1. The Bertz CT molecular complexity index is 415. The summed E-state index contributed by atoms with van der Waals surface area (Å²) in [6, 6.07) is 4.55. The highest BCUT2D eigenvalue weighted by molar-refractivity contribution is 5.61. The molecule has 0 radical (unpaired) electrons. The van der Waals surface area contributed by atoms with Crippen LogP contribution in [0.15, 0.2) is 18.2 Å². The smallest absolute Gasteiger partial charge is 0.125 e. The molecule has 3 nitrogen and oxygen atoms in total. The van der Waals surface area contributed by atoms with E-state index in [4.69, 9.17) is 0 Å². The van der Waals surface area contributed by atoms with Crippen LogP contribution in [0.25, 0.3) is 0 Å². The van der Waals surface area contributed by atoms with Crippen LogP contribution in [-0.4, -0.2) is 23.7 Å². The van der Waals surface area contributed by atoms with Crippen LogP contribution in [0.3, 0.4) is 0 Å². The molecule has 1 aromatic carbocycles. The number of piperidine rings is 1. The highest BCUT2D eigenvalue weighted by atomic mass is 19.1. The zero-order chi connectivity index (χ0) is 11.2. The zero-order valence-corrected chi connectivity index (χ0v) is 8.96. The number of nitrogens with one attached hydrogen (secondary N) is 2.